The monoisotopic (exact) mass is 332 g/mol. The zero-order chi connectivity index (χ0) is 13.9. The highest BCUT2D eigenvalue weighted by Gasteiger charge is 2.15. The molecule has 0 radical (unpaired) electrons. The molecule has 1 aromatic carbocycles. The van der Waals surface area contributed by atoms with Gasteiger partial charge in [-0.25, -0.2) is 4.98 Å². The molecule has 0 atom stereocenters. The molecule has 1 heterocycles. The fraction of sp³-hybridized carbons (Fsp3) is 0.312. The number of halogens is 1. The molecule has 2 aromatic rings. The lowest BCUT2D eigenvalue weighted by atomic mass is 9.95. The highest BCUT2D eigenvalue weighted by molar-refractivity contribution is 9.10. The lowest BCUT2D eigenvalue weighted by Gasteiger charge is -2.18. The van der Waals surface area contributed by atoms with Crippen LogP contribution >= 0.6 is 15.9 Å². The van der Waals surface area contributed by atoms with Crippen LogP contribution in [0.4, 0.5) is 0 Å². The molecule has 20 heavy (non-hydrogen) atoms. The van der Waals surface area contributed by atoms with Crippen LogP contribution in [0.2, 0.25) is 0 Å². The summed E-state index contributed by atoms with van der Waals surface area (Å²) in [4.78, 5) is 4.69. The Kier molecular flexibility index (Phi) is 4.03. The first-order valence-electron chi connectivity index (χ1n) is 6.91. The summed E-state index contributed by atoms with van der Waals surface area (Å²) in [5.74, 6) is 1.43. The summed E-state index contributed by atoms with van der Waals surface area (Å²) in [5, 5.41) is 0. The molecule has 3 rings (SSSR count). The van der Waals surface area contributed by atoms with Crippen molar-refractivity contribution in [2.75, 3.05) is 0 Å². The van der Waals surface area contributed by atoms with Crippen molar-refractivity contribution in [2.45, 2.75) is 32.2 Å². The number of nitrogens with zero attached hydrogens (tertiary/aromatic N) is 1. The van der Waals surface area contributed by atoms with Gasteiger partial charge < -0.3 is 10.5 Å². The summed E-state index contributed by atoms with van der Waals surface area (Å²) in [6.45, 7) is 0.451. The van der Waals surface area contributed by atoms with Gasteiger partial charge in [-0.1, -0.05) is 15.9 Å². The number of fused-ring (bicyclic) bond motifs is 1. The zero-order valence-electron chi connectivity index (χ0n) is 11.2. The average Bonchev–Trinajstić information content (AvgIpc) is 2.49. The van der Waals surface area contributed by atoms with Crippen LogP contribution < -0.4 is 10.5 Å². The second kappa shape index (κ2) is 5.94. The van der Waals surface area contributed by atoms with E-state index in [1.54, 1.807) is 0 Å². The number of nitrogens with two attached hydrogens (primary N) is 1. The van der Waals surface area contributed by atoms with Gasteiger partial charge in [0.05, 0.1) is 0 Å². The van der Waals surface area contributed by atoms with Crippen LogP contribution in [0.25, 0.3) is 0 Å². The number of pyridine rings is 1. The van der Waals surface area contributed by atoms with Crippen molar-refractivity contribution < 1.29 is 4.74 Å². The number of hydrogen-bond donors (Lipinski definition) is 1. The molecule has 4 heteroatoms. The molecule has 1 aliphatic rings. The topological polar surface area (TPSA) is 48.1 Å². The fourth-order valence-corrected chi connectivity index (χ4v) is 2.78. The van der Waals surface area contributed by atoms with Crippen LogP contribution in [0, 0.1) is 0 Å². The third kappa shape index (κ3) is 2.86. The molecular weight excluding hydrogens is 316 g/mol. The summed E-state index contributed by atoms with van der Waals surface area (Å²) in [6.07, 6.45) is 4.59. The summed E-state index contributed by atoms with van der Waals surface area (Å²) in [6, 6.07) is 9.92. The SMILES string of the molecule is NCc1cc2c(nc1Oc1ccc(Br)cc1)CCCC2. The first-order valence-corrected chi connectivity index (χ1v) is 7.71. The van der Waals surface area contributed by atoms with Gasteiger partial charge in [0.2, 0.25) is 5.88 Å². The minimum Gasteiger partial charge on any atom is -0.439 e. The van der Waals surface area contributed by atoms with Gasteiger partial charge in [-0.05, 0) is 61.6 Å². The van der Waals surface area contributed by atoms with E-state index < -0.39 is 0 Å². The largest absolute Gasteiger partial charge is 0.439 e. The average molecular weight is 333 g/mol. The quantitative estimate of drug-likeness (QED) is 0.924. The van der Waals surface area contributed by atoms with E-state index in [0.717, 1.165) is 28.6 Å². The van der Waals surface area contributed by atoms with E-state index in [-0.39, 0.29) is 0 Å². The van der Waals surface area contributed by atoms with Crippen molar-refractivity contribution in [1.82, 2.24) is 4.98 Å². The number of ether oxygens (including phenoxy) is 1. The van der Waals surface area contributed by atoms with Crippen LogP contribution in [0.1, 0.15) is 29.7 Å². The number of aromatic nitrogens is 1. The molecular formula is C16H17BrN2O. The maximum atomic E-state index is 5.91. The molecule has 0 unspecified atom stereocenters. The Bertz CT molecular complexity index is 611. The van der Waals surface area contributed by atoms with Gasteiger partial charge in [-0.3, -0.25) is 0 Å². The maximum absolute atomic E-state index is 5.91. The van der Waals surface area contributed by atoms with Gasteiger partial charge in [-0.15, -0.1) is 0 Å². The van der Waals surface area contributed by atoms with E-state index in [1.165, 1.54) is 24.1 Å². The number of benzene rings is 1. The highest BCUT2D eigenvalue weighted by Crippen LogP contribution is 2.29. The van der Waals surface area contributed by atoms with E-state index >= 15 is 0 Å². The molecule has 0 spiro atoms. The van der Waals surface area contributed by atoms with Crippen molar-refractivity contribution in [2.24, 2.45) is 5.73 Å². The molecule has 1 aliphatic carbocycles. The third-order valence-corrected chi connectivity index (χ3v) is 4.12. The molecule has 0 bridgehead atoms. The summed E-state index contributed by atoms with van der Waals surface area (Å²) >= 11 is 3.42. The first-order chi connectivity index (χ1) is 9.76. The Morgan fingerprint density at radius 1 is 1.15 bits per heavy atom. The number of aryl methyl sites for hydroxylation is 2. The highest BCUT2D eigenvalue weighted by atomic mass is 79.9. The molecule has 3 nitrogen and oxygen atoms in total. The Hall–Kier alpha value is -1.39. The predicted molar refractivity (Wildman–Crippen MR) is 83.0 cm³/mol. The standard InChI is InChI=1S/C16H17BrN2O/c17-13-5-7-14(8-6-13)20-16-12(10-18)9-11-3-1-2-4-15(11)19-16/h5-9H,1-4,10,18H2. The molecule has 0 amide bonds. The van der Waals surface area contributed by atoms with E-state index in [1.807, 2.05) is 24.3 Å². The van der Waals surface area contributed by atoms with Crippen molar-refractivity contribution in [3.8, 4) is 11.6 Å². The Morgan fingerprint density at radius 2 is 1.90 bits per heavy atom. The second-order valence-corrected chi connectivity index (χ2v) is 5.94. The van der Waals surface area contributed by atoms with Crippen LogP contribution in [0.3, 0.4) is 0 Å². The van der Waals surface area contributed by atoms with Crippen molar-refractivity contribution in [3.63, 3.8) is 0 Å². The minimum atomic E-state index is 0.451. The predicted octanol–water partition coefficient (Wildman–Crippen LogP) is 3.97. The van der Waals surface area contributed by atoms with Crippen molar-refractivity contribution >= 4 is 15.9 Å². The van der Waals surface area contributed by atoms with Crippen LogP contribution in [0.15, 0.2) is 34.8 Å². The van der Waals surface area contributed by atoms with Crippen molar-refractivity contribution in [3.05, 3.63) is 51.6 Å². The minimum absolute atomic E-state index is 0.451. The Balaban J connectivity index is 1.93. The van der Waals surface area contributed by atoms with Gasteiger partial charge in [0.25, 0.3) is 0 Å². The molecule has 1 aromatic heterocycles. The fourth-order valence-electron chi connectivity index (χ4n) is 2.51. The van der Waals surface area contributed by atoms with E-state index in [4.69, 9.17) is 10.5 Å². The van der Waals surface area contributed by atoms with Crippen LogP contribution in [-0.4, -0.2) is 4.98 Å². The first kappa shape index (κ1) is 13.6. The van der Waals surface area contributed by atoms with Gasteiger partial charge in [-0.2, -0.15) is 0 Å². The van der Waals surface area contributed by atoms with Crippen LogP contribution in [-0.2, 0) is 19.4 Å². The van der Waals surface area contributed by atoms with Gasteiger partial charge in [0.1, 0.15) is 5.75 Å². The summed E-state index contributed by atoms with van der Waals surface area (Å²) in [5.41, 5.74) is 9.31. The van der Waals surface area contributed by atoms with Gasteiger partial charge >= 0.3 is 0 Å². The molecule has 0 aliphatic heterocycles. The second-order valence-electron chi connectivity index (χ2n) is 5.03. The number of hydrogen-bond acceptors (Lipinski definition) is 3. The number of rotatable bonds is 3. The van der Waals surface area contributed by atoms with E-state index in [9.17, 15) is 0 Å². The van der Waals surface area contributed by atoms with E-state index in [2.05, 4.69) is 27.0 Å². The van der Waals surface area contributed by atoms with E-state index in [0.29, 0.717) is 12.4 Å². The Labute approximate surface area is 127 Å². The van der Waals surface area contributed by atoms with Crippen molar-refractivity contribution in [1.29, 1.82) is 0 Å². The summed E-state index contributed by atoms with van der Waals surface area (Å²) in [7, 11) is 0. The van der Waals surface area contributed by atoms with Gasteiger partial charge in [0, 0.05) is 22.3 Å². The molecule has 0 fully saturated rings. The lowest BCUT2D eigenvalue weighted by molar-refractivity contribution is 0.451. The zero-order valence-corrected chi connectivity index (χ0v) is 12.8. The third-order valence-electron chi connectivity index (χ3n) is 3.59. The normalized spacial score (nSPS) is 13.9. The van der Waals surface area contributed by atoms with Crippen LogP contribution in [0.5, 0.6) is 11.6 Å². The Morgan fingerprint density at radius 3 is 2.65 bits per heavy atom. The molecule has 0 saturated carbocycles. The molecule has 0 saturated heterocycles. The lowest BCUT2D eigenvalue weighted by Crippen LogP contribution is -2.10. The molecule has 2 N–H and O–H groups in total. The molecule has 104 valence electrons. The smallest absolute Gasteiger partial charge is 0.223 e. The van der Waals surface area contributed by atoms with Gasteiger partial charge in [0.15, 0.2) is 0 Å². The maximum Gasteiger partial charge on any atom is 0.223 e. The summed E-state index contributed by atoms with van der Waals surface area (Å²) < 4.78 is 6.94.